The molecule has 132 valence electrons. The fraction of sp³-hybridized carbons (Fsp3) is 0.474. The Balaban J connectivity index is 1.76. The quantitative estimate of drug-likeness (QED) is 0.865. The van der Waals surface area contributed by atoms with Gasteiger partial charge in [0.15, 0.2) is 0 Å². The Morgan fingerprint density at radius 1 is 1.44 bits per heavy atom. The lowest BCUT2D eigenvalue weighted by atomic mass is 10.1. The van der Waals surface area contributed by atoms with Crippen molar-refractivity contribution in [3.05, 3.63) is 35.2 Å². The Morgan fingerprint density at radius 2 is 2.24 bits per heavy atom. The van der Waals surface area contributed by atoms with E-state index >= 15 is 0 Å². The van der Waals surface area contributed by atoms with E-state index in [1.807, 2.05) is 12.1 Å². The third kappa shape index (κ3) is 3.32. The zero-order valence-electron chi connectivity index (χ0n) is 14.5. The third-order valence-corrected chi connectivity index (χ3v) is 4.96. The molecule has 4 rings (SSSR count). The Hall–Kier alpha value is -2.18. The molecule has 1 aromatic carbocycles. The number of imidazole rings is 1. The number of esters is 1. The number of ether oxygens (including phenoxy) is 2. The van der Waals surface area contributed by atoms with Crippen LogP contribution in [-0.2, 0) is 16.0 Å². The van der Waals surface area contributed by atoms with Gasteiger partial charge in [-0.3, -0.25) is 0 Å². The van der Waals surface area contributed by atoms with E-state index in [-0.39, 0.29) is 12.1 Å². The lowest BCUT2D eigenvalue weighted by Crippen LogP contribution is -2.31. The number of nitrogens with zero attached hydrogens (tertiary/aromatic N) is 2. The van der Waals surface area contributed by atoms with Crippen LogP contribution in [0.15, 0.2) is 23.8 Å². The van der Waals surface area contributed by atoms with Crippen molar-refractivity contribution in [3.63, 3.8) is 0 Å². The molecule has 2 aromatic rings. The molecule has 0 aliphatic carbocycles. The molecule has 3 heterocycles. The monoisotopic (exact) mass is 341 g/mol. The van der Waals surface area contributed by atoms with Crippen molar-refractivity contribution in [2.75, 3.05) is 26.8 Å². The summed E-state index contributed by atoms with van der Waals surface area (Å²) in [5.41, 5.74) is 3.82. The molecule has 2 aliphatic rings. The summed E-state index contributed by atoms with van der Waals surface area (Å²) in [4.78, 5) is 16.7. The molecule has 2 aliphatic heterocycles. The van der Waals surface area contributed by atoms with Gasteiger partial charge in [0, 0.05) is 6.61 Å². The number of piperidine rings is 1. The summed E-state index contributed by atoms with van der Waals surface area (Å²) in [6.45, 7) is 3.62. The Morgan fingerprint density at radius 3 is 2.92 bits per heavy atom. The molecule has 1 N–H and O–H groups in total. The average molecular weight is 341 g/mol. The van der Waals surface area contributed by atoms with Crippen molar-refractivity contribution < 1.29 is 14.3 Å². The number of fused-ring (bicyclic) bond motifs is 1. The van der Waals surface area contributed by atoms with Crippen molar-refractivity contribution in [2.24, 2.45) is 0 Å². The van der Waals surface area contributed by atoms with Crippen LogP contribution in [0.3, 0.4) is 0 Å². The normalized spacial score (nSPS) is 20.4. The van der Waals surface area contributed by atoms with Gasteiger partial charge < -0.3 is 19.4 Å². The molecular weight excluding hydrogens is 318 g/mol. The van der Waals surface area contributed by atoms with Crippen LogP contribution < -0.4 is 5.32 Å². The number of benzene rings is 1. The largest absolute Gasteiger partial charge is 0.465 e. The number of nitrogens with one attached hydrogen (secondary N) is 1. The van der Waals surface area contributed by atoms with Crippen LogP contribution in [0.25, 0.3) is 17.1 Å². The van der Waals surface area contributed by atoms with Crippen molar-refractivity contribution in [3.8, 4) is 0 Å². The van der Waals surface area contributed by atoms with E-state index in [1.54, 1.807) is 6.07 Å². The lowest BCUT2D eigenvalue weighted by Gasteiger charge is -2.27. The molecule has 0 saturated carbocycles. The molecule has 25 heavy (non-hydrogen) atoms. The zero-order valence-corrected chi connectivity index (χ0v) is 14.5. The number of aromatic nitrogens is 2. The number of carbonyl (C=O) groups excluding carboxylic acids is 1. The fourth-order valence-electron chi connectivity index (χ4n) is 3.40. The van der Waals surface area contributed by atoms with Crippen molar-refractivity contribution >= 4 is 23.1 Å². The highest BCUT2D eigenvalue weighted by molar-refractivity contribution is 5.94. The summed E-state index contributed by atoms with van der Waals surface area (Å²) in [5.74, 6) is 0.622. The predicted octanol–water partition coefficient (Wildman–Crippen LogP) is 2.38. The first-order valence-corrected chi connectivity index (χ1v) is 8.85. The second-order valence-electron chi connectivity index (χ2n) is 6.61. The number of methoxy groups -OCH3 is 1. The standard InChI is InChI=1S/C19H23N3O3/c1-24-19(23)14-2-3-16-17(11-14)22(12-15-6-9-25-15)18(21-16)10-13-4-7-20-8-5-13/h2-3,10-11,15,20H,4-9,12H2,1H3/t15-/m0/s1. The number of rotatable bonds is 4. The van der Waals surface area contributed by atoms with Crippen LogP contribution in [0.4, 0.5) is 0 Å². The van der Waals surface area contributed by atoms with Gasteiger partial charge in [-0.2, -0.15) is 0 Å². The minimum Gasteiger partial charge on any atom is -0.465 e. The molecule has 0 bridgehead atoms. The Bertz CT molecular complexity index is 813. The molecule has 0 amide bonds. The summed E-state index contributed by atoms with van der Waals surface area (Å²) in [5, 5.41) is 3.38. The van der Waals surface area contributed by atoms with Gasteiger partial charge in [0.05, 0.1) is 36.4 Å². The average Bonchev–Trinajstić information content (AvgIpc) is 2.94. The van der Waals surface area contributed by atoms with Crippen LogP contribution >= 0.6 is 0 Å². The number of carbonyl (C=O) groups is 1. The highest BCUT2D eigenvalue weighted by Gasteiger charge is 2.22. The summed E-state index contributed by atoms with van der Waals surface area (Å²) >= 11 is 0. The van der Waals surface area contributed by atoms with Gasteiger partial charge in [-0.1, -0.05) is 5.57 Å². The van der Waals surface area contributed by atoms with Crippen LogP contribution in [0, 0.1) is 0 Å². The molecule has 0 spiro atoms. The van der Waals surface area contributed by atoms with E-state index < -0.39 is 0 Å². The number of hydrogen-bond acceptors (Lipinski definition) is 5. The highest BCUT2D eigenvalue weighted by atomic mass is 16.5. The first-order chi connectivity index (χ1) is 12.2. The molecule has 6 heteroatoms. The molecule has 1 aromatic heterocycles. The Kier molecular flexibility index (Phi) is 4.55. The van der Waals surface area contributed by atoms with Gasteiger partial charge in [-0.15, -0.1) is 0 Å². The van der Waals surface area contributed by atoms with E-state index in [0.717, 1.165) is 62.4 Å². The minimum absolute atomic E-state index is 0.226. The molecule has 1 atom stereocenters. The van der Waals surface area contributed by atoms with Gasteiger partial charge in [0.2, 0.25) is 0 Å². The van der Waals surface area contributed by atoms with Crippen LogP contribution in [0.2, 0.25) is 0 Å². The van der Waals surface area contributed by atoms with Gasteiger partial charge in [0.1, 0.15) is 5.82 Å². The van der Waals surface area contributed by atoms with Crippen molar-refractivity contribution in [2.45, 2.75) is 31.9 Å². The van der Waals surface area contributed by atoms with Gasteiger partial charge in [-0.05, 0) is 56.6 Å². The van der Waals surface area contributed by atoms with Crippen LogP contribution in [0.1, 0.15) is 35.4 Å². The first kappa shape index (κ1) is 16.3. The minimum atomic E-state index is -0.326. The maximum absolute atomic E-state index is 11.9. The van der Waals surface area contributed by atoms with Gasteiger partial charge in [-0.25, -0.2) is 9.78 Å². The van der Waals surface area contributed by atoms with Crippen molar-refractivity contribution in [1.29, 1.82) is 0 Å². The van der Waals surface area contributed by atoms with E-state index in [9.17, 15) is 4.79 Å². The molecule has 2 fully saturated rings. The molecule has 0 unspecified atom stereocenters. The highest BCUT2D eigenvalue weighted by Crippen LogP contribution is 2.25. The summed E-state index contributed by atoms with van der Waals surface area (Å²) in [7, 11) is 1.40. The predicted molar refractivity (Wildman–Crippen MR) is 95.5 cm³/mol. The van der Waals surface area contributed by atoms with Gasteiger partial charge >= 0.3 is 5.97 Å². The lowest BCUT2D eigenvalue weighted by molar-refractivity contribution is -0.0587. The van der Waals surface area contributed by atoms with E-state index in [0.29, 0.717) is 5.56 Å². The Labute approximate surface area is 146 Å². The topological polar surface area (TPSA) is 65.4 Å². The molecule has 2 saturated heterocycles. The third-order valence-electron chi connectivity index (χ3n) is 4.96. The van der Waals surface area contributed by atoms with Crippen LogP contribution in [-0.4, -0.2) is 48.4 Å². The van der Waals surface area contributed by atoms with Crippen LogP contribution in [0.5, 0.6) is 0 Å². The summed E-state index contributed by atoms with van der Waals surface area (Å²) in [6, 6.07) is 5.54. The number of hydrogen-bond donors (Lipinski definition) is 1. The van der Waals surface area contributed by atoms with E-state index in [4.69, 9.17) is 14.5 Å². The molecular formula is C19H23N3O3. The smallest absolute Gasteiger partial charge is 0.337 e. The summed E-state index contributed by atoms with van der Waals surface area (Å²) < 4.78 is 12.7. The van der Waals surface area contributed by atoms with E-state index in [2.05, 4.69) is 16.0 Å². The maximum atomic E-state index is 11.9. The SMILES string of the molecule is COC(=O)c1ccc2nc(C=C3CCNCC3)n(C[C@@H]3CCO3)c2c1. The molecule has 6 nitrogen and oxygen atoms in total. The van der Waals surface area contributed by atoms with Gasteiger partial charge in [0.25, 0.3) is 0 Å². The molecule has 0 radical (unpaired) electrons. The van der Waals surface area contributed by atoms with E-state index in [1.165, 1.54) is 12.7 Å². The van der Waals surface area contributed by atoms with Crippen molar-refractivity contribution in [1.82, 2.24) is 14.9 Å². The summed E-state index contributed by atoms with van der Waals surface area (Å²) in [6.07, 6.45) is 5.60. The second kappa shape index (κ2) is 6.98. The fourth-order valence-corrected chi connectivity index (χ4v) is 3.40. The maximum Gasteiger partial charge on any atom is 0.337 e. The zero-order chi connectivity index (χ0) is 17.2. The second-order valence-corrected chi connectivity index (χ2v) is 6.61. The first-order valence-electron chi connectivity index (χ1n) is 8.85.